The van der Waals surface area contributed by atoms with Crippen LogP contribution in [0.2, 0.25) is 0 Å². The van der Waals surface area contributed by atoms with Crippen molar-refractivity contribution < 1.29 is 14.3 Å². The highest BCUT2D eigenvalue weighted by Crippen LogP contribution is 2.25. The Balaban J connectivity index is 1.87. The van der Waals surface area contributed by atoms with Crippen LogP contribution in [-0.4, -0.2) is 39.6 Å². The number of nitrogens with one attached hydrogen (secondary N) is 1. The Bertz CT molecular complexity index is 665. The molecule has 1 aliphatic heterocycles. The number of aliphatic hydroxyl groups excluding tert-OH is 1. The van der Waals surface area contributed by atoms with Gasteiger partial charge in [0.25, 0.3) is 5.91 Å². The molecular formula is C16H19FN2O2. The summed E-state index contributed by atoms with van der Waals surface area (Å²) in [6, 6.07) is 6.40. The van der Waals surface area contributed by atoms with Gasteiger partial charge in [-0.15, -0.1) is 0 Å². The minimum atomic E-state index is -0.427. The van der Waals surface area contributed by atoms with Crippen LogP contribution < -0.4 is 0 Å². The normalized spacial score (nSPS) is 20.1. The van der Waals surface area contributed by atoms with Gasteiger partial charge in [0.05, 0.1) is 6.10 Å². The molecule has 1 aromatic heterocycles. The first-order chi connectivity index (χ1) is 10.1. The molecule has 2 heterocycles. The topological polar surface area (TPSA) is 56.3 Å². The van der Waals surface area contributed by atoms with Crippen LogP contribution in [0.4, 0.5) is 4.39 Å². The second-order valence-corrected chi connectivity index (χ2v) is 5.76. The number of hydrogen-bond donors (Lipinski definition) is 2. The highest BCUT2D eigenvalue weighted by molar-refractivity contribution is 5.98. The fraction of sp³-hybridized carbons (Fsp3) is 0.438. The molecule has 2 unspecified atom stereocenters. The molecule has 112 valence electrons. The summed E-state index contributed by atoms with van der Waals surface area (Å²) in [6.45, 7) is 2.42. The molecular weight excluding hydrogens is 271 g/mol. The summed E-state index contributed by atoms with van der Waals surface area (Å²) in [7, 11) is 0. The maximum atomic E-state index is 13.7. The third-order valence-corrected chi connectivity index (χ3v) is 4.09. The Labute approximate surface area is 122 Å². The fourth-order valence-electron chi connectivity index (χ4n) is 3.13. The number of amides is 1. The van der Waals surface area contributed by atoms with Crippen molar-refractivity contribution >= 4 is 16.8 Å². The number of hydrogen-bond acceptors (Lipinski definition) is 2. The highest BCUT2D eigenvalue weighted by Gasteiger charge is 2.31. The van der Waals surface area contributed by atoms with E-state index in [0.29, 0.717) is 29.6 Å². The van der Waals surface area contributed by atoms with Gasteiger partial charge in [-0.2, -0.15) is 0 Å². The largest absolute Gasteiger partial charge is 0.393 e. The summed E-state index contributed by atoms with van der Waals surface area (Å²) in [4.78, 5) is 17.4. The lowest BCUT2D eigenvalue weighted by Crippen LogP contribution is -2.37. The zero-order chi connectivity index (χ0) is 15.0. The van der Waals surface area contributed by atoms with Gasteiger partial charge in [0, 0.05) is 23.5 Å². The Morgan fingerprint density at radius 1 is 1.57 bits per heavy atom. The third kappa shape index (κ3) is 2.65. The molecule has 5 heteroatoms. The van der Waals surface area contributed by atoms with Crippen molar-refractivity contribution in [1.29, 1.82) is 0 Å². The number of benzene rings is 1. The molecule has 21 heavy (non-hydrogen) atoms. The van der Waals surface area contributed by atoms with Crippen LogP contribution in [0.1, 0.15) is 36.7 Å². The van der Waals surface area contributed by atoms with Gasteiger partial charge in [-0.05, 0) is 44.4 Å². The minimum absolute atomic E-state index is 0.0637. The summed E-state index contributed by atoms with van der Waals surface area (Å²) in [6.07, 6.45) is 2.01. The van der Waals surface area contributed by atoms with Gasteiger partial charge in [-0.3, -0.25) is 4.79 Å². The molecule has 1 amide bonds. The second-order valence-electron chi connectivity index (χ2n) is 5.76. The number of nitrogens with zero attached hydrogens (tertiary/aromatic N) is 1. The highest BCUT2D eigenvalue weighted by atomic mass is 19.1. The van der Waals surface area contributed by atoms with Crippen molar-refractivity contribution in [3.05, 3.63) is 35.8 Å². The van der Waals surface area contributed by atoms with E-state index in [2.05, 4.69) is 4.98 Å². The van der Waals surface area contributed by atoms with E-state index >= 15 is 0 Å². The van der Waals surface area contributed by atoms with Crippen molar-refractivity contribution in [3.8, 4) is 0 Å². The minimum Gasteiger partial charge on any atom is -0.393 e. The molecule has 3 rings (SSSR count). The van der Waals surface area contributed by atoms with Gasteiger partial charge in [-0.25, -0.2) is 4.39 Å². The lowest BCUT2D eigenvalue weighted by atomic mass is 10.1. The van der Waals surface area contributed by atoms with Crippen LogP contribution in [0.15, 0.2) is 24.3 Å². The lowest BCUT2D eigenvalue weighted by Gasteiger charge is -2.25. The monoisotopic (exact) mass is 290 g/mol. The standard InChI is InChI=1S/C16H19FN2O2/c1-10(20)8-11-4-3-7-19(11)16(21)15-9-12-13(17)5-2-6-14(12)18-15/h2,5-6,9-11,18,20H,3-4,7-8H2,1H3. The van der Waals surface area contributed by atoms with Crippen molar-refractivity contribution in [2.75, 3.05) is 6.54 Å². The molecule has 1 aromatic carbocycles. The number of H-pyrrole nitrogens is 1. The van der Waals surface area contributed by atoms with Gasteiger partial charge in [0.1, 0.15) is 11.5 Å². The summed E-state index contributed by atoms with van der Waals surface area (Å²) >= 11 is 0. The van der Waals surface area contributed by atoms with Crippen molar-refractivity contribution in [3.63, 3.8) is 0 Å². The number of halogens is 1. The van der Waals surface area contributed by atoms with Crippen molar-refractivity contribution in [2.45, 2.75) is 38.3 Å². The van der Waals surface area contributed by atoms with Crippen molar-refractivity contribution in [1.82, 2.24) is 9.88 Å². The van der Waals surface area contributed by atoms with Crippen LogP contribution >= 0.6 is 0 Å². The zero-order valence-corrected chi connectivity index (χ0v) is 12.0. The zero-order valence-electron chi connectivity index (χ0n) is 12.0. The molecule has 0 saturated carbocycles. The molecule has 1 fully saturated rings. The quantitative estimate of drug-likeness (QED) is 0.913. The average Bonchev–Trinajstić information content (AvgIpc) is 3.04. The van der Waals surface area contributed by atoms with Crippen LogP contribution in [0.25, 0.3) is 10.9 Å². The molecule has 1 saturated heterocycles. The second kappa shape index (κ2) is 5.48. The van der Waals surface area contributed by atoms with E-state index in [1.807, 2.05) is 0 Å². The molecule has 0 aliphatic carbocycles. The summed E-state index contributed by atoms with van der Waals surface area (Å²) < 4.78 is 13.7. The molecule has 0 bridgehead atoms. The first-order valence-corrected chi connectivity index (χ1v) is 7.32. The molecule has 2 aromatic rings. The van der Waals surface area contributed by atoms with E-state index in [4.69, 9.17) is 0 Å². The number of carbonyl (C=O) groups is 1. The summed E-state index contributed by atoms with van der Waals surface area (Å²) in [5, 5.41) is 9.98. The van der Waals surface area contributed by atoms with E-state index in [-0.39, 0.29) is 17.8 Å². The molecule has 0 spiro atoms. The number of aromatic nitrogens is 1. The predicted octanol–water partition coefficient (Wildman–Crippen LogP) is 2.68. The van der Waals surface area contributed by atoms with Crippen LogP contribution in [0.3, 0.4) is 0 Å². The Hall–Kier alpha value is -1.88. The summed E-state index contributed by atoms with van der Waals surface area (Å²) in [5.41, 5.74) is 1.04. The molecule has 0 radical (unpaired) electrons. The maximum Gasteiger partial charge on any atom is 0.270 e. The Morgan fingerprint density at radius 2 is 2.38 bits per heavy atom. The van der Waals surface area contributed by atoms with Gasteiger partial charge in [-0.1, -0.05) is 6.07 Å². The third-order valence-electron chi connectivity index (χ3n) is 4.09. The number of rotatable bonds is 3. The average molecular weight is 290 g/mol. The smallest absolute Gasteiger partial charge is 0.270 e. The number of aromatic amines is 1. The number of aliphatic hydroxyl groups is 1. The first kappa shape index (κ1) is 14.1. The SMILES string of the molecule is CC(O)CC1CCCN1C(=O)c1cc2c(F)cccc2[nH]1. The number of carbonyl (C=O) groups excluding carboxylic acids is 1. The predicted molar refractivity (Wildman–Crippen MR) is 78.6 cm³/mol. The maximum absolute atomic E-state index is 13.7. The van der Waals surface area contributed by atoms with Crippen LogP contribution in [0, 0.1) is 5.82 Å². The molecule has 2 atom stereocenters. The lowest BCUT2D eigenvalue weighted by molar-refractivity contribution is 0.0677. The number of fused-ring (bicyclic) bond motifs is 1. The van der Waals surface area contributed by atoms with E-state index < -0.39 is 6.10 Å². The van der Waals surface area contributed by atoms with Gasteiger partial charge in [0.15, 0.2) is 0 Å². The Morgan fingerprint density at radius 3 is 3.10 bits per heavy atom. The van der Waals surface area contributed by atoms with Gasteiger partial charge >= 0.3 is 0 Å². The number of likely N-dealkylation sites (tertiary alicyclic amines) is 1. The van der Waals surface area contributed by atoms with E-state index in [9.17, 15) is 14.3 Å². The van der Waals surface area contributed by atoms with Crippen molar-refractivity contribution in [2.24, 2.45) is 0 Å². The Kier molecular flexibility index (Phi) is 3.68. The van der Waals surface area contributed by atoms with E-state index in [1.165, 1.54) is 6.07 Å². The van der Waals surface area contributed by atoms with Gasteiger partial charge < -0.3 is 15.0 Å². The van der Waals surface area contributed by atoms with E-state index in [0.717, 1.165) is 12.8 Å². The van der Waals surface area contributed by atoms with E-state index in [1.54, 1.807) is 30.0 Å². The molecule has 4 nitrogen and oxygen atoms in total. The fourth-order valence-corrected chi connectivity index (χ4v) is 3.13. The summed E-state index contributed by atoms with van der Waals surface area (Å²) in [5.74, 6) is -0.446. The molecule has 2 N–H and O–H groups in total. The van der Waals surface area contributed by atoms with Crippen LogP contribution in [0.5, 0.6) is 0 Å². The van der Waals surface area contributed by atoms with Crippen LogP contribution in [-0.2, 0) is 0 Å². The molecule has 1 aliphatic rings. The van der Waals surface area contributed by atoms with Gasteiger partial charge in [0.2, 0.25) is 0 Å². The first-order valence-electron chi connectivity index (χ1n) is 7.32.